The lowest BCUT2D eigenvalue weighted by Crippen LogP contribution is -2.06. The molecule has 1 saturated carbocycles. The molecule has 11 heavy (non-hydrogen) atoms. The molecule has 0 heterocycles. The molecule has 0 bridgehead atoms. The predicted octanol–water partition coefficient (Wildman–Crippen LogP) is 3.04. The van der Waals surface area contributed by atoms with Gasteiger partial charge in [0.15, 0.2) is 0 Å². The van der Waals surface area contributed by atoms with Gasteiger partial charge in [-0.05, 0) is 31.6 Å². The summed E-state index contributed by atoms with van der Waals surface area (Å²) in [6.07, 6.45) is 7.94. The van der Waals surface area contributed by atoms with E-state index in [-0.39, 0.29) is 0 Å². The maximum Gasteiger partial charge on any atom is 0.0911 e. The Kier molecular flexibility index (Phi) is 3.16. The Morgan fingerprint density at radius 1 is 1.55 bits per heavy atom. The number of rotatable bonds is 1. The molecule has 0 atom stereocenters. The molecule has 0 unspecified atom stereocenters. The number of hydrogen-bond acceptors (Lipinski definition) is 1. The van der Waals surface area contributed by atoms with Crippen molar-refractivity contribution in [1.82, 2.24) is 0 Å². The van der Waals surface area contributed by atoms with Gasteiger partial charge in [-0.15, -0.1) is 0 Å². The van der Waals surface area contributed by atoms with Gasteiger partial charge in [0.2, 0.25) is 0 Å². The minimum absolute atomic E-state index is 0.922. The van der Waals surface area contributed by atoms with Gasteiger partial charge >= 0.3 is 0 Å². The highest BCUT2D eigenvalue weighted by Gasteiger charge is 2.13. The second-order valence-electron chi connectivity index (χ2n) is 3.28. The summed E-state index contributed by atoms with van der Waals surface area (Å²) in [5.41, 5.74) is 1.36. The standard InChI is InChI=1S/C10H15N/c1-2-9-3-5-10(6-4-9)7-8-11/h7,9H,2-6H2,1H3. The van der Waals surface area contributed by atoms with E-state index in [9.17, 15) is 0 Å². The highest BCUT2D eigenvalue weighted by molar-refractivity contribution is 5.14. The average Bonchev–Trinajstić information content (AvgIpc) is 2.07. The van der Waals surface area contributed by atoms with E-state index in [1.165, 1.54) is 24.8 Å². The van der Waals surface area contributed by atoms with Crippen molar-refractivity contribution in [2.45, 2.75) is 39.0 Å². The molecular formula is C10H15N. The lowest BCUT2D eigenvalue weighted by Gasteiger charge is -2.21. The highest BCUT2D eigenvalue weighted by Crippen LogP contribution is 2.29. The summed E-state index contributed by atoms with van der Waals surface area (Å²) in [5.74, 6) is 0.922. The van der Waals surface area contributed by atoms with Crippen molar-refractivity contribution in [2.24, 2.45) is 5.92 Å². The molecule has 0 amide bonds. The van der Waals surface area contributed by atoms with E-state index < -0.39 is 0 Å². The molecule has 1 nitrogen and oxygen atoms in total. The van der Waals surface area contributed by atoms with Crippen molar-refractivity contribution in [3.05, 3.63) is 11.6 Å². The fourth-order valence-electron chi connectivity index (χ4n) is 1.69. The first-order valence-corrected chi connectivity index (χ1v) is 4.44. The van der Waals surface area contributed by atoms with Crippen molar-refractivity contribution >= 4 is 0 Å². The van der Waals surface area contributed by atoms with Gasteiger partial charge in [0, 0.05) is 6.08 Å². The van der Waals surface area contributed by atoms with Crippen molar-refractivity contribution in [1.29, 1.82) is 5.26 Å². The molecule has 1 aliphatic rings. The van der Waals surface area contributed by atoms with E-state index in [0.29, 0.717) is 0 Å². The van der Waals surface area contributed by atoms with Crippen molar-refractivity contribution in [2.75, 3.05) is 0 Å². The number of nitriles is 1. The SMILES string of the molecule is CCC1CCC(=CC#N)CC1. The third-order valence-electron chi connectivity index (χ3n) is 2.59. The van der Waals surface area contributed by atoms with Crippen LogP contribution in [0, 0.1) is 17.2 Å². The summed E-state index contributed by atoms with van der Waals surface area (Å²) >= 11 is 0. The van der Waals surface area contributed by atoms with Crippen LogP contribution in [0.1, 0.15) is 39.0 Å². The Labute approximate surface area is 68.7 Å². The van der Waals surface area contributed by atoms with Gasteiger partial charge in [0.25, 0.3) is 0 Å². The van der Waals surface area contributed by atoms with Gasteiger partial charge in [0.1, 0.15) is 0 Å². The number of allylic oxidation sites excluding steroid dienone is 2. The molecule has 0 spiro atoms. The van der Waals surface area contributed by atoms with Gasteiger partial charge in [0.05, 0.1) is 6.07 Å². The van der Waals surface area contributed by atoms with Crippen LogP contribution in [0.2, 0.25) is 0 Å². The zero-order valence-corrected chi connectivity index (χ0v) is 7.14. The minimum Gasteiger partial charge on any atom is -0.193 e. The third-order valence-corrected chi connectivity index (χ3v) is 2.59. The normalized spacial score (nSPS) is 24.4. The summed E-state index contributed by atoms with van der Waals surface area (Å²) in [5, 5.41) is 8.42. The van der Waals surface area contributed by atoms with Crippen LogP contribution in [0.15, 0.2) is 11.6 Å². The van der Waals surface area contributed by atoms with E-state index in [4.69, 9.17) is 5.26 Å². The largest absolute Gasteiger partial charge is 0.193 e. The van der Waals surface area contributed by atoms with Gasteiger partial charge in [-0.3, -0.25) is 0 Å². The maximum atomic E-state index is 8.42. The van der Waals surface area contributed by atoms with E-state index in [1.807, 2.05) is 0 Å². The Morgan fingerprint density at radius 3 is 2.64 bits per heavy atom. The Bertz CT molecular complexity index is 176. The molecule has 0 aromatic heterocycles. The summed E-state index contributed by atoms with van der Waals surface area (Å²) < 4.78 is 0. The minimum atomic E-state index is 0.922. The highest BCUT2D eigenvalue weighted by atomic mass is 14.2. The lowest BCUT2D eigenvalue weighted by molar-refractivity contribution is 0.398. The third kappa shape index (κ3) is 2.38. The lowest BCUT2D eigenvalue weighted by atomic mass is 9.84. The Balaban J connectivity index is 2.37. The van der Waals surface area contributed by atoms with E-state index in [1.54, 1.807) is 6.08 Å². The average molecular weight is 149 g/mol. The zero-order chi connectivity index (χ0) is 8.10. The van der Waals surface area contributed by atoms with Crippen LogP contribution in [0.4, 0.5) is 0 Å². The molecule has 0 aliphatic heterocycles. The van der Waals surface area contributed by atoms with Crippen LogP contribution in [0.25, 0.3) is 0 Å². The quantitative estimate of drug-likeness (QED) is 0.526. The van der Waals surface area contributed by atoms with Crippen LogP contribution in [-0.2, 0) is 0 Å². The molecule has 0 saturated heterocycles. The summed E-state index contributed by atoms with van der Waals surface area (Å²) in [4.78, 5) is 0. The molecule has 0 aromatic rings. The molecule has 60 valence electrons. The van der Waals surface area contributed by atoms with Gasteiger partial charge < -0.3 is 0 Å². The summed E-state index contributed by atoms with van der Waals surface area (Å²) in [7, 11) is 0. The zero-order valence-electron chi connectivity index (χ0n) is 7.14. The van der Waals surface area contributed by atoms with E-state index >= 15 is 0 Å². The maximum absolute atomic E-state index is 8.42. The monoisotopic (exact) mass is 149 g/mol. The van der Waals surface area contributed by atoms with Crippen LogP contribution in [-0.4, -0.2) is 0 Å². The number of nitrogens with zero attached hydrogens (tertiary/aromatic N) is 1. The topological polar surface area (TPSA) is 23.8 Å². The molecule has 0 radical (unpaired) electrons. The fourth-order valence-corrected chi connectivity index (χ4v) is 1.69. The van der Waals surface area contributed by atoms with E-state index in [2.05, 4.69) is 13.0 Å². The van der Waals surface area contributed by atoms with Crippen LogP contribution < -0.4 is 0 Å². The molecule has 1 aliphatic carbocycles. The van der Waals surface area contributed by atoms with Crippen LogP contribution in [0.5, 0.6) is 0 Å². The van der Waals surface area contributed by atoms with Gasteiger partial charge in [-0.1, -0.05) is 18.9 Å². The first-order chi connectivity index (χ1) is 5.36. The molecule has 1 fully saturated rings. The molecule has 0 N–H and O–H groups in total. The van der Waals surface area contributed by atoms with Crippen LogP contribution >= 0.6 is 0 Å². The predicted molar refractivity (Wildman–Crippen MR) is 45.9 cm³/mol. The smallest absolute Gasteiger partial charge is 0.0911 e. The fraction of sp³-hybridized carbons (Fsp3) is 0.700. The summed E-state index contributed by atoms with van der Waals surface area (Å²) in [6, 6.07) is 2.11. The van der Waals surface area contributed by atoms with Crippen molar-refractivity contribution < 1.29 is 0 Å². The summed E-state index contributed by atoms with van der Waals surface area (Å²) in [6.45, 7) is 2.25. The van der Waals surface area contributed by atoms with Gasteiger partial charge in [-0.2, -0.15) is 5.26 Å². The Morgan fingerprint density at radius 2 is 2.18 bits per heavy atom. The molecule has 0 aromatic carbocycles. The molecule has 1 heteroatoms. The second kappa shape index (κ2) is 4.18. The number of hydrogen-bond donors (Lipinski definition) is 0. The van der Waals surface area contributed by atoms with Crippen molar-refractivity contribution in [3.8, 4) is 6.07 Å². The van der Waals surface area contributed by atoms with Crippen LogP contribution in [0.3, 0.4) is 0 Å². The second-order valence-corrected chi connectivity index (χ2v) is 3.28. The first-order valence-electron chi connectivity index (χ1n) is 4.44. The Hall–Kier alpha value is -0.770. The molecule has 1 rings (SSSR count). The van der Waals surface area contributed by atoms with Gasteiger partial charge in [-0.25, -0.2) is 0 Å². The van der Waals surface area contributed by atoms with E-state index in [0.717, 1.165) is 18.8 Å². The van der Waals surface area contributed by atoms with Crippen molar-refractivity contribution in [3.63, 3.8) is 0 Å². The first kappa shape index (κ1) is 8.33. The molecular weight excluding hydrogens is 134 g/mol.